The van der Waals surface area contributed by atoms with E-state index in [2.05, 4.69) is 59.1 Å². The number of hydrogen-bond donors (Lipinski definition) is 1. The Kier molecular flexibility index (Phi) is 5.59. The maximum absolute atomic E-state index is 11.9. The highest BCUT2D eigenvalue weighted by Gasteiger charge is 2.03. The molecular formula is C17H18INO. The second-order valence-corrected chi connectivity index (χ2v) is 5.97. The molecule has 0 atom stereocenters. The molecule has 0 heterocycles. The van der Waals surface area contributed by atoms with Crippen molar-refractivity contribution in [2.24, 2.45) is 0 Å². The molecule has 1 N–H and O–H groups in total. The average molecular weight is 379 g/mol. The Hall–Kier alpha value is -1.36. The van der Waals surface area contributed by atoms with Crippen LogP contribution in [0.25, 0.3) is 0 Å². The van der Waals surface area contributed by atoms with Crippen LogP contribution >= 0.6 is 22.6 Å². The maximum atomic E-state index is 11.9. The van der Waals surface area contributed by atoms with E-state index in [-0.39, 0.29) is 5.91 Å². The van der Waals surface area contributed by atoms with Gasteiger partial charge in [-0.15, -0.1) is 0 Å². The zero-order chi connectivity index (χ0) is 14.4. The first-order chi connectivity index (χ1) is 9.67. The Morgan fingerprint density at radius 2 is 1.60 bits per heavy atom. The number of carbonyl (C=O) groups excluding carboxylic acids is 1. The summed E-state index contributed by atoms with van der Waals surface area (Å²) in [6.45, 7) is 2.14. The Bertz CT molecular complexity index is 561. The minimum absolute atomic E-state index is 0.0609. The minimum Gasteiger partial charge on any atom is -0.326 e. The SMILES string of the molecule is CCc1ccc(CCC(=O)Nc2ccc(I)cc2)cc1. The monoisotopic (exact) mass is 379 g/mol. The summed E-state index contributed by atoms with van der Waals surface area (Å²) >= 11 is 2.25. The molecule has 1 amide bonds. The fourth-order valence-corrected chi connectivity index (χ4v) is 2.32. The Morgan fingerprint density at radius 1 is 1.00 bits per heavy atom. The standard InChI is InChI=1S/C17H18INO/c1-2-13-3-5-14(6-4-13)7-12-17(20)19-16-10-8-15(18)9-11-16/h3-6,8-11H,2,7,12H2,1H3,(H,19,20). The molecule has 0 aromatic heterocycles. The summed E-state index contributed by atoms with van der Waals surface area (Å²) in [7, 11) is 0. The van der Waals surface area contributed by atoms with Gasteiger partial charge in [0.1, 0.15) is 0 Å². The predicted molar refractivity (Wildman–Crippen MR) is 91.9 cm³/mol. The second-order valence-electron chi connectivity index (χ2n) is 4.73. The molecule has 0 radical (unpaired) electrons. The van der Waals surface area contributed by atoms with Crippen LogP contribution in [-0.2, 0) is 17.6 Å². The summed E-state index contributed by atoms with van der Waals surface area (Å²) in [6.07, 6.45) is 2.34. The molecule has 0 aliphatic rings. The largest absolute Gasteiger partial charge is 0.326 e. The van der Waals surface area contributed by atoms with Gasteiger partial charge in [0.2, 0.25) is 5.91 Å². The van der Waals surface area contributed by atoms with Crippen molar-refractivity contribution in [1.29, 1.82) is 0 Å². The first-order valence-corrected chi connectivity index (χ1v) is 7.88. The third-order valence-electron chi connectivity index (χ3n) is 3.20. The molecule has 2 aromatic carbocycles. The van der Waals surface area contributed by atoms with Crippen LogP contribution in [0.3, 0.4) is 0 Å². The minimum atomic E-state index is 0.0609. The smallest absolute Gasteiger partial charge is 0.224 e. The predicted octanol–water partition coefficient (Wildman–Crippen LogP) is 4.42. The van der Waals surface area contributed by atoms with Crippen molar-refractivity contribution in [3.05, 3.63) is 63.2 Å². The van der Waals surface area contributed by atoms with E-state index in [1.165, 1.54) is 11.1 Å². The highest BCUT2D eigenvalue weighted by atomic mass is 127. The van der Waals surface area contributed by atoms with Gasteiger partial charge in [-0.3, -0.25) is 4.79 Å². The van der Waals surface area contributed by atoms with Gasteiger partial charge in [-0.05, 0) is 70.8 Å². The van der Waals surface area contributed by atoms with Crippen molar-refractivity contribution >= 4 is 34.2 Å². The zero-order valence-corrected chi connectivity index (χ0v) is 13.7. The van der Waals surface area contributed by atoms with Crippen molar-refractivity contribution in [1.82, 2.24) is 0 Å². The van der Waals surface area contributed by atoms with E-state index in [1.54, 1.807) is 0 Å². The normalized spacial score (nSPS) is 10.3. The number of aryl methyl sites for hydroxylation is 2. The van der Waals surface area contributed by atoms with Gasteiger partial charge >= 0.3 is 0 Å². The number of rotatable bonds is 5. The van der Waals surface area contributed by atoms with Crippen LogP contribution in [0.2, 0.25) is 0 Å². The van der Waals surface area contributed by atoms with Gasteiger partial charge < -0.3 is 5.32 Å². The fraction of sp³-hybridized carbons (Fsp3) is 0.235. The lowest BCUT2D eigenvalue weighted by Crippen LogP contribution is -2.12. The van der Waals surface area contributed by atoms with Crippen LogP contribution in [0.1, 0.15) is 24.5 Å². The number of nitrogens with one attached hydrogen (secondary N) is 1. The van der Waals surface area contributed by atoms with Crippen molar-refractivity contribution in [2.45, 2.75) is 26.2 Å². The molecule has 0 aliphatic heterocycles. The van der Waals surface area contributed by atoms with E-state index in [1.807, 2.05) is 24.3 Å². The highest BCUT2D eigenvalue weighted by molar-refractivity contribution is 14.1. The summed E-state index contributed by atoms with van der Waals surface area (Å²) in [6, 6.07) is 16.3. The van der Waals surface area contributed by atoms with Crippen LogP contribution in [0.15, 0.2) is 48.5 Å². The molecular weight excluding hydrogens is 361 g/mol. The summed E-state index contributed by atoms with van der Waals surface area (Å²) in [5.41, 5.74) is 3.40. The second kappa shape index (κ2) is 7.43. The first-order valence-electron chi connectivity index (χ1n) is 6.80. The lowest BCUT2D eigenvalue weighted by Gasteiger charge is -2.06. The maximum Gasteiger partial charge on any atom is 0.224 e. The number of carbonyl (C=O) groups is 1. The fourth-order valence-electron chi connectivity index (χ4n) is 1.96. The van der Waals surface area contributed by atoms with Gasteiger partial charge in [0.05, 0.1) is 0 Å². The van der Waals surface area contributed by atoms with Gasteiger partial charge in [0.15, 0.2) is 0 Å². The van der Waals surface area contributed by atoms with Crippen LogP contribution < -0.4 is 5.32 Å². The summed E-state index contributed by atoms with van der Waals surface area (Å²) < 4.78 is 1.16. The highest BCUT2D eigenvalue weighted by Crippen LogP contribution is 2.12. The van der Waals surface area contributed by atoms with Gasteiger partial charge in [0.25, 0.3) is 0 Å². The third kappa shape index (κ3) is 4.63. The molecule has 2 aromatic rings. The number of anilines is 1. The quantitative estimate of drug-likeness (QED) is 0.766. The molecule has 0 unspecified atom stereocenters. The van der Waals surface area contributed by atoms with E-state index in [4.69, 9.17) is 0 Å². The molecule has 0 fully saturated rings. The molecule has 0 bridgehead atoms. The van der Waals surface area contributed by atoms with Gasteiger partial charge in [0, 0.05) is 15.7 Å². The first kappa shape index (κ1) is 15.0. The Balaban J connectivity index is 1.83. The van der Waals surface area contributed by atoms with Crippen molar-refractivity contribution in [3.63, 3.8) is 0 Å². The third-order valence-corrected chi connectivity index (χ3v) is 3.92. The van der Waals surface area contributed by atoms with E-state index >= 15 is 0 Å². The number of halogens is 1. The van der Waals surface area contributed by atoms with Crippen LogP contribution in [0.4, 0.5) is 5.69 Å². The Morgan fingerprint density at radius 3 is 2.20 bits per heavy atom. The van der Waals surface area contributed by atoms with Crippen molar-refractivity contribution in [3.8, 4) is 0 Å². The molecule has 2 rings (SSSR count). The lowest BCUT2D eigenvalue weighted by molar-refractivity contribution is -0.116. The summed E-state index contributed by atoms with van der Waals surface area (Å²) in [5.74, 6) is 0.0609. The van der Waals surface area contributed by atoms with Gasteiger partial charge in [-0.25, -0.2) is 0 Å². The average Bonchev–Trinajstić information content (AvgIpc) is 2.48. The summed E-state index contributed by atoms with van der Waals surface area (Å²) in [4.78, 5) is 11.9. The van der Waals surface area contributed by atoms with E-state index in [9.17, 15) is 4.79 Å². The van der Waals surface area contributed by atoms with Gasteiger partial charge in [-0.2, -0.15) is 0 Å². The molecule has 0 saturated heterocycles. The van der Waals surface area contributed by atoms with Gasteiger partial charge in [-0.1, -0.05) is 31.2 Å². The van der Waals surface area contributed by atoms with Crippen molar-refractivity contribution < 1.29 is 4.79 Å². The Labute approximate surface area is 133 Å². The van der Waals surface area contributed by atoms with Crippen LogP contribution in [0, 0.1) is 3.57 Å². The van der Waals surface area contributed by atoms with Crippen molar-refractivity contribution in [2.75, 3.05) is 5.32 Å². The number of amides is 1. The molecule has 0 aliphatic carbocycles. The molecule has 104 valence electrons. The van der Waals surface area contributed by atoms with E-state index < -0.39 is 0 Å². The molecule has 2 nitrogen and oxygen atoms in total. The van der Waals surface area contributed by atoms with Crippen LogP contribution in [0.5, 0.6) is 0 Å². The topological polar surface area (TPSA) is 29.1 Å². The molecule has 0 saturated carbocycles. The molecule has 0 spiro atoms. The number of hydrogen-bond acceptors (Lipinski definition) is 1. The molecule has 3 heteroatoms. The molecule has 20 heavy (non-hydrogen) atoms. The number of benzene rings is 2. The van der Waals surface area contributed by atoms with E-state index in [0.717, 1.165) is 22.1 Å². The van der Waals surface area contributed by atoms with E-state index in [0.29, 0.717) is 6.42 Å². The lowest BCUT2D eigenvalue weighted by atomic mass is 10.1. The van der Waals surface area contributed by atoms with Crippen LogP contribution in [-0.4, -0.2) is 5.91 Å². The summed E-state index contributed by atoms with van der Waals surface area (Å²) in [5, 5.41) is 2.92. The zero-order valence-electron chi connectivity index (χ0n) is 11.5.